The van der Waals surface area contributed by atoms with Gasteiger partial charge in [0.05, 0.1) is 27.0 Å². The molecule has 0 atom stereocenters. The van der Waals surface area contributed by atoms with Gasteiger partial charge in [-0.2, -0.15) is 0 Å². The van der Waals surface area contributed by atoms with E-state index in [1.165, 1.54) is 0 Å². The summed E-state index contributed by atoms with van der Waals surface area (Å²) < 4.78 is 18.3. The highest BCUT2D eigenvalue weighted by molar-refractivity contribution is 6.30. The van der Waals surface area contributed by atoms with Crippen LogP contribution >= 0.6 is 11.6 Å². The zero-order chi connectivity index (χ0) is 17.1. The topological polar surface area (TPSA) is 32.6 Å². The van der Waals surface area contributed by atoms with Crippen LogP contribution in [0.3, 0.4) is 0 Å². The minimum atomic E-state index is 0.574. The largest absolute Gasteiger partial charge is 0.493 e. The van der Waals surface area contributed by atoms with Crippen molar-refractivity contribution in [2.24, 2.45) is 0 Å². The quantitative estimate of drug-likeness (QED) is 0.665. The lowest BCUT2D eigenvalue weighted by Crippen LogP contribution is -1.98. The molecule has 4 nitrogen and oxygen atoms in total. The lowest BCUT2D eigenvalue weighted by atomic mass is 10.1. The van der Waals surface area contributed by atoms with Gasteiger partial charge >= 0.3 is 0 Å². The Kier molecular flexibility index (Phi) is 4.67. The second-order valence-corrected chi connectivity index (χ2v) is 5.59. The average molecular weight is 344 g/mol. The van der Waals surface area contributed by atoms with Gasteiger partial charge in [0.15, 0.2) is 11.5 Å². The number of methoxy groups -OCH3 is 3. The Labute approximate surface area is 146 Å². The lowest BCUT2D eigenvalue weighted by Gasteiger charge is -2.15. The van der Waals surface area contributed by atoms with E-state index in [1.54, 1.807) is 21.3 Å². The molecule has 3 rings (SSSR count). The van der Waals surface area contributed by atoms with Crippen LogP contribution in [0.15, 0.2) is 54.7 Å². The smallest absolute Gasteiger partial charge is 0.203 e. The van der Waals surface area contributed by atoms with Crippen LogP contribution in [0.1, 0.15) is 0 Å². The molecule has 0 aliphatic rings. The molecule has 1 heterocycles. The Bertz CT molecular complexity index is 832. The van der Waals surface area contributed by atoms with Gasteiger partial charge in [-0.15, -0.1) is 0 Å². The van der Waals surface area contributed by atoms with Gasteiger partial charge in [0.2, 0.25) is 5.75 Å². The van der Waals surface area contributed by atoms with Crippen LogP contribution in [-0.2, 0) is 0 Å². The van der Waals surface area contributed by atoms with Gasteiger partial charge in [0.1, 0.15) is 0 Å². The first-order valence-electron chi connectivity index (χ1n) is 7.41. The SMILES string of the molecule is COc1cc(-c2cccn2-c2cccc(Cl)c2)cc(OC)c1OC. The fraction of sp³-hybridized carbons (Fsp3) is 0.158. The normalized spacial score (nSPS) is 10.5. The van der Waals surface area contributed by atoms with E-state index < -0.39 is 0 Å². The highest BCUT2D eigenvalue weighted by Crippen LogP contribution is 2.41. The Morgan fingerprint density at radius 2 is 1.54 bits per heavy atom. The molecule has 0 bridgehead atoms. The fourth-order valence-electron chi connectivity index (χ4n) is 2.70. The maximum absolute atomic E-state index is 6.13. The van der Waals surface area contributed by atoms with Crippen molar-refractivity contribution in [1.29, 1.82) is 0 Å². The number of ether oxygens (including phenoxy) is 3. The van der Waals surface area contributed by atoms with Gasteiger partial charge in [-0.25, -0.2) is 0 Å². The summed E-state index contributed by atoms with van der Waals surface area (Å²) in [5.74, 6) is 1.81. The maximum Gasteiger partial charge on any atom is 0.203 e. The molecule has 124 valence electrons. The molecule has 0 saturated carbocycles. The molecule has 3 aromatic rings. The number of hydrogen-bond acceptors (Lipinski definition) is 3. The van der Waals surface area contributed by atoms with Crippen LogP contribution in [0.2, 0.25) is 5.02 Å². The van der Waals surface area contributed by atoms with Crippen LogP contribution in [-0.4, -0.2) is 25.9 Å². The molecule has 0 unspecified atom stereocenters. The van der Waals surface area contributed by atoms with E-state index in [9.17, 15) is 0 Å². The van der Waals surface area contributed by atoms with Crippen LogP contribution in [0.25, 0.3) is 16.9 Å². The zero-order valence-corrected chi connectivity index (χ0v) is 14.5. The number of hydrogen-bond donors (Lipinski definition) is 0. The van der Waals surface area contributed by atoms with E-state index in [4.69, 9.17) is 25.8 Å². The third-order valence-corrected chi connectivity index (χ3v) is 4.03. The summed E-state index contributed by atoms with van der Waals surface area (Å²) in [6.07, 6.45) is 1.99. The fourth-order valence-corrected chi connectivity index (χ4v) is 2.88. The monoisotopic (exact) mass is 343 g/mol. The molecule has 2 aromatic carbocycles. The molecule has 1 aromatic heterocycles. The van der Waals surface area contributed by atoms with E-state index in [1.807, 2.05) is 54.7 Å². The molecule has 0 fully saturated rings. The number of benzene rings is 2. The van der Waals surface area contributed by atoms with E-state index in [2.05, 4.69) is 4.57 Å². The summed E-state index contributed by atoms with van der Waals surface area (Å²) in [4.78, 5) is 0. The summed E-state index contributed by atoms with van der Waals surface area (Å²) >= 11 is 6.13. The Morgan fingerprint density at radius 3 is 2.12 bits per heavy atom. The molecule has 0 aliphatic carbocycles. The zero-order valence-electron chi connectivity index (χ0n) is 13.7. The number of nitrogens with zero attached hydrogens (tertiary/aromatic N) is 1. The summed E-state index contributed by atoms with van der Waals surface area (Å²) in [6, 6.07) is 15.6. The van der Waals surface area contributed by atoms with Crippen molar-refractivity contribution in [3.05, 3.63) is 59.8 Å². The third kappa shape index (κ3) is 2.93. The highest BCUT2D eigenvalue weighted by atomic mass is 35.5. The van der Waals surface area contributed by atoms with E-state index in [0.717, 1.165) is 16.9 Å². The van der Waals surface area contributed by atoms with Crippen molar-refractivity contribution in [2.75, 3.05) is 21.3 Å². The third-order valence-electron chi connectivity index (χ3n) is 3.80. The van der Waals surface area contributed by atoms with Crippen LogP contribution < -0.4 is 14.2 Å². The minimum Gasteiger partial charge on any atom is -0.493 e. The van der Waals surface area contributed by atoms with Gasteiger partial charge in [-0.05, 0) is 42.5 Å². The van der Waals surface area contributed by atoms with Crippen molar-refractivity contribution in [3.8, 4) is 34.2 Å². The maximum atomic E-state index is 6.13. The second-order valence-electron chi connectivity index (χ2n) is 5.16. The Hall–Kier alpha value is -2.59. The van der Waals surface area contributed by atoms with Crippen molar-refractivity contribution in [3.63, 3.8) is 0 Å². The van der Waals surface area contributed by atoms with Crippen LogP contribution in [0, 0.1) is 0 Å². The van der Waals surface area contributed by atoms with Gasteiger partial charge in [-0.3, -0.25) is 0 Å². The summed E-state index contributed by atoms with van der Waals surface area (Å²) in [5, 5.41) is 0.692. The van der Waals surface area contributed by atoms with Crippen molar-refractivity contribution in [1.82, 2.24) is 4.57 Å². The molecular weight excluding hydrogens is 326 g/mol. The van der Waals surface area contributed by atoms with Gasteiger partial charge in [-0.1, -0.05) is 17.7 Å². The van der Waals surface area contributed by atoms with E-state index in [-0.39, 0.29) is 0 Å². The summed E-state index contributed by atoms with van der Waals surface area (Å²) in [6.45, 7) is 0. The first-order chi connectivity index (χ1) is 11.7. The molecule has 0 amide bonds. The van der Waals surface area contributed by atoms with E-state index >= 15 is 0 Å². The molecule has 0 N–H and O–H groups in total. The van der Waals surface area contributed by atoms with Crippen molar-refractivity contribution < 1.29 is 14.2 Å². The van der Waals surface area contributed by atoms with Gasteiger partial charge in [0.25, 0.3) is 0 Å². The number of aromatic nitrogens is 1. The second kappa shape index (κ2) is 6.89. The molecule has 0 saturated heterocycles. The number of rotatable bonds is 5. The lowest BCUT2D eigenvalue weighted by molar-refractivity contribution is 0.324. The van der Waals surface area contributed by atoms with Gasteiger partial charge < -0.3 is 18.8 Å². The predicted molar refractivity (Wildman–Crippen MR) is 95.9 cm³/mol. The predicted octanol–water partition coefficient (Wildman–Crippen LogP) is 4.82. The van der Waals surface area contributed by atoms with Gasteiger partial charge in [0, 0.05) is 22.5 Å². The summed E-state index contributed by atoms with van der Waals surface area (Å²) in [7, 11) is 4.81. The first kappa shape index (κ1) is 16.3. The molecule has 0 spiro atoms. The molecule has 5 heteroatoms. The van der Waals surface area contributed by atoms with Crippen molar-refractivity contribution >= 4 is 11.6 Å². The highest BCUT2D eigenvalue weighted by Gasteiger charge is 2.16. The minimum absolute atomic E-state index is 0.574. The Balaban J connectivity index is 2.16. The summed E-state index contributed by atoms with van der Waals surface area (Å²) in [5.41, 5.74) is 2.93. The Morgan fingerprint density at radius 1 is 0.833 bits per heavy atom. The first-order valence-corrected chi connectivity index (χ1v) is 7.79. The standard InChI is InChI=1S/C19H18ClNO3/c1-22-17-10-13(11-18(23-2)19(17)24-3)16-8-5-9-21(16)15-7-4-6-14(20)12-15/h4-12H,1-3H3. The molecule has 0 radical (unpaired) electrons. The van der Waals surface area contributed by atoms with Crippen LogP contribution in [0.5, 0.6) is 17.2 Å². The molecular formula is C19H18ClNO3. The molecule has 24 heavy (non-hydrogen) atoms. The van der Waals surface area contributed by atoms with E-state index in [0.29, 0.717) is 22.3 Å². The average Bonchev–Trinajstić information content (AvgIpc) is 3.10. The number of halogens is 1. The molecule has 0 aliphatic heterocycles. The van der Waals surface area contributed by atoms with Crippen LogP contribution in [0.4, 0.5) is 0 Å². The van der Waals surface area contributed by atoms with Crippen molar-refractivity contribution in [2.45, 2.75) is 0 Å².